The van der Waals surface area contributed by atoms with E-state index in [1.807, 2.05) is 32.6 Å². The van der Waals surface area contributed by atoms with Crippen molar-refractivity contribution in [2.24, 2.45) is 0 Å². The highest BCUT2D eigenvalue weighted by molar-refractivity contribution is 5.70. The van der Waals surface area contributed by atoms with Crippen LogP contribution in [0.4, 0.5) is 15.0 Å². The number of carbonyl (C=O) groups excluding carboxylic acids is 1. The second-order valence-electron chi connectivity index (χ2n) is 8.78. The fraction of sp³-hybridized carbons (Fsp3) is 0.737. The maximum atomic E-state index is 14.2. The zero-order chi connectivity index (χ0) is 18.6. The maximum Gasteiger partial charge on any atom is 0.410 e. The van der Waals surface area contributed by atoms with Crippen molar-refractivity contribution in [1.29, 1.82) is 0 Å². The Morgan fingerprint density at radius 2 is 1.88 bits per heavy atom. The summed E-state index contributed by atoms with van der Waals surface area (Å²) >= 11 is 0. The number of rotatable bonds is 1. The predicted octanol–water partition coefficient (Wildman–Crippen LogP) is 3.58. The number of carbonyl (C=O) groups is 1. The summed E-state index contributed by atoms with van der Waals surface area (Å²) in [5.41, 5.74) is 1.00. The lowest BCUT2D eigenvalue weighted by Gasteiger charge is -2.42. The molecule has 1 aliphatic carbocycles. The van der Waals surface area contributed by atoms with E-state index in [4.69, 9.17) is 4.74 Å². The molecule has 4 rings (SSSR count). The molecular weight excluding hydrogens is 335 g/mol. The summed E-state index contributed by atoms with van der Waals surface area (Å²) in [6.07, 6.45) is 2.66. The minimum atomic E-state index is -0.999. The lowest BCUT2D eigenvalue weighted by molar-refractivity contribution is 0.0122. The molecule has 2 aliphatic heterocycles. The molecule has 1 amide bonds. The van der Waals surface area contributed by atoms with Crippen LogP contribution in [-0.4, -0.2) is 51.7 Å². The molecule has 2 bridgehead atoms. The van der Waals surface area contributed by atoms with Crippen molar-refractivity contribution in [3.63, 3.8) is 0 Å². The molecule has 0 radical (unpaired) electrons. The van der Waals surface area contributed by atoms with Crippen LogP contribution in [-0.2, 0) is 4.74 Å². The number of aromatic nitrogens is 2. The van der Waals surface area contributed by atoms with Gasteiger partial charge in [-0.05, 0) is 46.0 Å². The van der Waals surface area contributed by atoms with Crippen molar-refractivity contribution in [1.82, 2.24) is 14.9 Å². The minimum absolute atomic E-state index is 0.118. The summed E-state index contributed by atoms with van der Waals surface area (Å²) in [6.45, 7) is 9.13. The number of anilines is 1. The van der Waals surface area contributed by atoms with Crippen LogP contribution in [0.2, 0.25) is 0 Å². The summed E-state index contributed by atoms with van der Waals surface area (Å²) in [5.74, 6) is 0.973. The zero-order valence-electron chi connectivity index (χ0n) is 15.9. The Morgan fingerprint density at radius 1 is 1.23 bits per heavy atom. The SMILES string of the molecule is C[C@@H]1C[C@@H](F)c2ncnc(N3CC4CCC(C3)N4C(=O)OC(C)(C)C)c21. The Labute approximate surface area is 153 Å². The number of hydrogen-bond acceptors (Lipinski definition) is 5. The standard InChI is InChI=1S/C19H27FN4O2/c1-11-7-14(20)16-15(11)17(22-10-21-16)23-8-12-5-6-13(9-23)24(12)18(25)26-19(2,3)4/h10-14H,5-9H2,1-4H3/t11-,12?,13?,14-/m1/s1. The van der Waals surface area contributed by atoms with E-state index in [0.717, 1.165) is 24.2 Å². The summed E-state index contributed by atoms with van der Waals surface area (Å²) < 4.78 is 19.8. The lowest BCUT2D eigenvalue weighted by atomic mass is 10.0. The van der Waals surface area contributed by atoms with Crippen LogP contribution in [0, 0.1) is 0 Å². The van der Waals surface area contributed by atoms with Crippen LogP contribution < -0.4 is 4.90 Å². The van der Waals surface area contributed by atoms with E-state index in [1.54, 1.807) is 0 Å². The van der Waals surface area contributed by atoms with Crippen molar-refractivity contribution in [2.75, 3.05) is 18.0 Å². The first-order valence-electron chi connectivity index (χ1n) is 9.49. The van der Waals surface area contributed by atoms with E-state index in [9.17, 15) is 9.18 Å². The van der Waals surface area contributed by atoms with Crippen LogP contribution in [0.5, 0.6) is 0 Å². The number of fused-ring (bicyclic) bond motifs is 3. The number of halogens is 1. The Bertz CT molecular complexity index is 706. The third-order valence-corrected chi connectivity index (χ3v) is 5.63. The molecule has 0 spiro atoms. The van der Waals surface area contributed by atoms with E-state index in [0.29, 0.717) is 25.2 Å². The number of amides is 1. The van der Waals surface area contributed by atoms with Crippen molar-refractivity contribution >= 4 is 11.9 Å². The molecule has 1 aromatic heterocycles. The predicted molar refractivity (Wildman–Crippen MR) is 96.0 cm³/mol. The summed E-state index contributed by atoms with van der Waals surface area (Å²) in [7, 11) is 0. The Morgan fingerprint density at radius 3 is 2.50 bits per heavy atom. The van der Waals surface area contributed by atoms with Crippen molar-refractivity contribution < 1.29 is 13.9 Å². The Balaban J connectivity index is 1.57. The van der Waals surface area contributed by atoms with Crippen LogP contribution >= 0.6 is 0 Å². The van der Waals surface area contributed by atoms with Gasteiger partial charge in [-0.25, -0.2) is 19.2 Å². The Hall–Kier alpha value is -1.92. The number of hydrogen-bond donors (Lipinski definition) is 0. The summed E-state index contributed by atoms with van der Waals surface area (Å²) in [4.78, 5) is 25.4. The number of piperazine rings is 1. The third kappa shape index (κ3) is 2.91. The minimum Gasteiger partial charge on any atom is -0.444 e. The number of nitrogens with zero attached hydrogens (tertiary/aromatic N) is 4. The molecule has 7 heteroatoms. The van der Waals surface area contributed by atoms with E-state index >= 15 is 0 Å². The first-order chi connectivity index (χ1) is 12.2. The fourth-order valence-corrected chi connectivity index (χ4v) is 4.60. The van der Waals surface area contributed by atoms with Gasteiger partial charge in [-0.3, -0.25) is 4.90 Å². The van der Waals surface area contributed by atoms with Crippen molar-refractivity contribution in [3.8, 4) is 0 Å². The van der Waals surface area contributed by atoms with Gasteiger partial charge >= 0.3 is 6.09 Å². The van der Waals surface area contributed by atoms with E-state index in [2.05, 4.69) is 14.9 Å². The smallest absolute Gasteiger partial charge is 0.410 e. The average molecular weight is 362 g/mol. The third-order valence-electron chi connectivity index (χ3n) is 5.63. The molecule has 2 unspecified atom stereocenters. The summed E-state index contributed by atoms with van der Waals surface area (Å²) in [6, 6.07) is 0.235. The molecule has 1 aromatic rings. The number of ether oxygens (including phenoxy) is 1. The first kappa shape index (κ1) is 17.5. The second-order valence-corrected chi connectivity index (χ2v) is 8.78. The molecule has 26 heavy (non-hydrogen) atoms. The molecule has 6 nitrogen and oxygen atoms in total. The highest BCUT2D eigenvalue weighted by Crippen LogP contribution is 2.45. The van der Waals surface area contributed by atoms with Gasteiger partial charge in [0.05, 0.1) is 17.8 Å². The van der Waals surface area contributed by atoms with Crippen LogP contribution in [0.25, 0.3) is 0 Å². The molecular formula is C19H27FN4O2. The normalized spacial score (nSPS) is 30.5. The van der Waals surface area contributed by atoms with E-state index < -0.39 is 11.8 Å². The molecule has 3 heterocycles. The zero-order valence-corrected chi connectivity index (χ0v) is 15.9. The van der Waals surface area contributed by atoms with Gasteiger partial charge in [0.1, 0.15) is 23.9 Å². The molecule has 0 aromatic carbocycles. The van der Waals surface area contributed by atoms with Crippen molar-refractivity contribution in [3.05, 3.63) is 17.6 Å². The molecule has 2 saturated heterocycles. The van der Waals surface area contributed by atoms with Crippen LogP contribution in [0.15, 0.2) is 6.33 Å². The van der Waals surface area contributed by atoms with Gasteiger partial charge in [-0.1, -0.05) is 6.92 Å². The van der Waals surface area contributed by atoms with Gasteiger partial charge in [-0.2, -0.15) is 0 Å². The molecule has 2 fully saturated rings. The van der Waals surface area contributed by atoms with Crippen molar-refractivity contribution in [2.45, 2.75) is 76.7 Å². The quantitative estimate of drug-likeness (QED) is 0.764. The topological polar surface area (TPSA) is 58.6 Å². The Kier molecular flexibility index (Phi) is 4.08. The van der Waals surface area contributed by atoms with E-state index in [1.165, 1.54) is 6.33 Å². The van der Waals surface area contributed by atoms with Gasteiger partial charge in [0.2, 0.25) is 0 Å². The van der Waals surface area contributed by atoms with E-state index in [-0.39, 0.29) is 24.1 Å². The van der Waals surface area contributed by atoms with Gasteiger partial charge in [-0.15, -0.1) is 0 Å². The van der Waals surface area contributed by atoms with Gasteiger partial charge in [0.25, 0.3) is 0 Å². The first-order valence-corrected chi connectivity index (χ1v) is 9.49. The largest absolute Gasteiger partial charge is 0.444 e. The van der Waals surface area contributed by atoms with Gasteiger partial charge in [0.15, 0.2) is 0 Å². The highest BCUT2D eigenvalue weighted by Gasteiger charge is 2.46. The number of alkyl halides is 1. The molecule has 0 N–H and O–H groups in total. The fourth-order valence-electron chi connectivity index (χ4n) is 4.60. The maximum absolute atomic E-state index is 14.2. The van der Waals surface area contributed by atoms with Gasteiger partial charge in [0, 0.05) is 18.7 Å². The second kappa shape index (κ2) is 6.06. The molecule has 142 valence electrons. The van der Waals surface area contributed by atoms with Crippen LogP contribution in [0.3, 0.4) is 0 Å². The highest BCUT2D eigenvalue weighted by atomic mass is 19.1. The average Bonchev–Trinajstić information content (AvgIpc) is 2.99. The molecule has 4 atom stereocenters. The monoisotopic (exact) mass is 362 g/mol. The van der Waals surface area contributed by atoms with Gasteiger partial charge < -0.3 is 9.64 Å². The summed E-state index contributed by atoms with van der Waals surface area (Å²) in [5, 5.41) is 0. The van der Waals surface area contributed by atoms with Crippen LogP contribution in [0.1, 0.15) is 70.3 Å². The lowest BCUT2D eigenvalue weighted by Crippen LogP contribution is -2.57. The molecule has 0 saturated carbocycles. The molecule has 3 aliphatic rings.